The monoisotopic (exact) mass is 482 g/mol. The largest absolute Gasteiger partial charge is 0.497 e. The number of nitro groups is 1. The van der Waals surface area contributed by atoms with Gasteiger partial charge in [0.25, 0.3) is 5.69 Å². The van der Waals surface area contributed by atoms with E-state index in [1.54, 1.807) is 7.11 Å². The molecule has 0 aliphatic carbocycles. The maximum absolute atomic E-state index is 12.9. The fraction of sp³-hybridized carbons (Fsp3) is 0.0500. The SMILES string of the molecule is COc1ccc2c(c1)[nH]c1ncnc(Nc3ncc(S(=O)(=O)c4ccc([N+](=O)[O-])cc4)s3)c12. The lowest BCUT2D eigenvalue weighted by atomic mass is 10.2. The Bertz CT molecular complexity index is 1630. The van der Waals surface area contributed by atoms with E-state index in [9.17, 15) is 18.5 Å². The minimum absolute atomic E-state index is 0.00665. The fourth-order valence-electron chi connectivity index (χ4n) is 3.34. The Labute approximate surface area is 190 Å². The number of fused-ring (bicyclic) bond motifs is 3. The summed E-state index contributed by atoms with van der Waals surface area (Å²) in [5.41, 5.74) is 1.23. The highest BCUT2D eigenvalue weighted by Gasteiger charge is 2.22. The van der Waals surface area contributed by atoms with Crippen LogP contribution in [0.2, 0.25) is 0 Å². The summed E-state index contributed by atoms with van der Waals surface area (Å²) in [4.78, 5) is 26.1. The van der Waals surface area contributed by atoms with Gasteiger partial charge in [-0.25, -0.2) is 23.4 Å². The normalized spacial score (nSPS) is 11.7. The van der Waals surface area contributed by atoms with Crippen molar-refractivity contribution in [3.63, 3.8) is 0 Å². The molecule has 3 heterocycles. The van der Waals surface area contributed by atoms with Crippen LogP contribution in [0.25, 0.3) is 21.9 Å². The van der Waals surface area contributed by atoms with Crippen LogP contribution >= 0.6 is 11.3 Å². The molecule has 2 aromatic carbocycles. The van der Waals surface area contributed by atoms with Crippen molar-refractivity contribution in [3.05, 3.63) is 65.1 Å². The van der Waals surface area contributed by atoms with Gasteiger partial charge in [-0.1, -0.05) is 11.3 Å². The Kier molecular flexibility index (Phi) is 4.91. The highest BCUT2D eigenvalue weighted by molar-refractivity contribution is 7.93. The number of H-pyrrole nitrogens is 1. The lowest BCUT2D eigenvalue weighted by Gasteiger charge is -2.04. The molecule has 5 rings (SSSR count). The van der Waals surface area contributed by atoms with Crippen LogP contribution in [0.5, 0.6) is 5.75 Å². The summed E-state index contributed by atoms with van der Waals surface area (Å²) in [5, 5.41) is 15.8. The van der Waals surface area contributed by atoms with Crippen LogP contribution in [0.4, 0.5) is 16.6 Å². The number of anilines is 2. The topological polar surface area (TPSA) is 153 Å². The lowest BCUT2D eigenvalue weighted by molar-refractivity contribution is -0.384. The molecule has 13 heteroatoms. The number of hydrogen-bond donors (Lipinski definition) is 2. The van der Waals surface area contributed by atoms with E-state index in [-0.39, 0.29) is 14.8 Å². The highest BCUT2D eigenvalue weighted by atomic mass is 32.2. The second kappa shape index (κ2) is 7.79. The number of aromatic amines is 1. The van der Waals surface area contributed by atoms with E-state index in [1.165, 1.54) is 24.7 Å². The smallest absolute Gasteiger partial charge is 0.269 e. The van der Waals surface area contributed by atoms with Crippen molar-refractivity contribution in [1.29, 1.82) is 0 Å². The Morgan fingerprint density at radius 3 is 2.64 bits per heavy atom. The second-order valence-corrected chi connectivity index (χ2v) is 10.1. The van der Waals surface area contributed by atoms with E-state index in [4.69, 9.17) is 4.74 Å². The highest BCUT2D eigenvalue weighted by Crippen LogP contribution is 2.35. The molecular formula is C20H14N6O5S2. The summed E-state index contributed by atoms with van der Waals surface area (Å²) in [6.45, 7) is 0. The Balaban J connectivity index is 1.49. The van der Waals surface area contributed by atoms with Crippen molar-refractivity contribution >= 4 is 59.7 Å². The molecule has 0 spiro atoms. The average Bonchev–Trinajstić information content (AvgIpc) is 3.44. The Morgan fingerprint density at radius 2 is 1.91 bits per heavy atom. The minimum Gasteiger partial charge on any atom is -0.497 e. The number of sulfone groups is 1. The Hall–Kier alpha value is -4.10. The third-order valence-electron chi connectivity index (χ3n) is 4.93. The van der Waals surface area contributed by atoms with Gasteiger partial charge >= 0.3 is 0 Å². The molecule has 33 heavy (non-hydrogen) atoms. The third-order valence-corrected chi connectivity index (χ3v) is 8.07. The van der Waals surface area contributed by atoms with Gasteiger partial charge in [0.1, 0.15) is 27.8 Å². The predicted molar refractivity (Wildman–Crippen MR) is 122 cm³/mol. The number of ether oxygens (including phenoxy) is 1. The molecule has 0 unspecified atom stereocenters. The number of methoxy groups -OCH3 is 1. The fourth-order valence-corrected chi connectivity index (χ4v) is 5.77. The van der Waals surface area contributed by atoms with Gasteiger partial charge in [0.15, 0.2) is 5.13 Å². The number of hydrogen-bond acceptors (Lipinski definition) is 10. The summed E-state index contributed by atoms with van der Waals surface area (Å²) in [6, 6.07) is 10.3. The van der Waals surface area contributed by atoms with Gasteiger partial charge in [-0.3, -0.25) is 10.1 Å². The first-order valence-corrected chi connectivity index (χ1v) is 11.7. The van der Waals surface area contributed by atoms with Gasteiger partial charge in [0.2, 0.25) is 9.84 Å². The molecule has 0 saturated heterocycles. The van der Waals surface area contributed by atoms with Crippen LogP contribution in [-0.4, -0.2) is 40.4 Å². The van der Waals surface area contributed by atoms with Gasteiger partial charge in [-0.05, 0) is 24.3 Å². The quantitative estimate of drug-likeness (QED) is 0.269. The third kappa shape index (κ3) is 3.62. The first-order valence-electron chi connectivity index (χ1n) is 9.39. The molecule has 166 valence electrons. The van der Waals surface area contributed by atoms with Crippen molar-refractivity contribution in [2.75, 3.05) is 12.4 Å². The lowest BCUT2D eigenvalue weighted by Crippen LogP contribution is -1.99. The molecule has 0 atom stereocenters. The molecule has 0 aliphatic rings. The number of nitrogens with zero attached hydrogens (tertiary/aromatic N) is 4. The molecule has 11 nitrogen and oxygen atoms in total. The van der Waals surface area contributed by atoms with Gasteiger partial charge in [-0.15, -0.1) is 0 Å². The van der Waals surface area contributed by atoms with E-state index in [2.05, 4.69) is 25.3 Å². The second-order valence-electron chi connectivity index (χ2n) is 6.85. The summed E-state index contributed by atoms with van der Waals surface area (Å²) in [6.07, 6.45) is 2.63. The maximum atomic E-state index is 12.9. The number of aromatic nitrogens is 4. The van der Waals surface area contributed by atoms with Gasteiger partial charge in [0.05, 0.1) is 34.0 Å². The first-order chi connectivity index (χ1) is 15.9. The molecule has 0 aliphatic heterocycles. The van der Waals surface area contributed by atoms with Crippen molar-refractivity contribution in [3.8, 4) is 5.75 Å². The minimum atomic E-state index is -3.89. The standard InChI is InChI=1S/C20H14N6O5S2/c1-31-12-4-7-14-15(8-12)24-18-17(14)19(23-10-22-18)25-20-21-9-16(32-20)33(29,30)13-5-2-11(3-6-13)26(27)28/h2-10H,1H3,(H2,21,22,23,24,25). The van der Waals surface area contributed by atoms with Crippen LogP contribution in [0.15, 0.2) is 64.1 Å². The summed E-state index contributed by atoms with van der Waals surface area (Å²) in [5.74, 6) is 1.16. The number of nitrogens with one attached hydrogen (secondary N) is 2. The van der Waals surface area contributed by atoms with Crippen molar-refractivity contribution < 1.29 is 18.1 Å². The van der Waals surface area contributed by atoms with Crippen LogP contribution in [0, 0.1) is 10.1 Å². The number of rotatable bonds is 6. The van der Waals surface area contributed by atoms with Crippen LogP contribution < -0.4 is 10.1 Å². The Morgan fingerprint density at radius 1 is 1.12 bits per heavy atom. The number of nitro benzene ring substituents is 1. The number of thiazole rings is 1. The zero-order valence-corrected chi connectivity index (χ0v) is 18.5. The van der Waals surface area contributed by atoms with E-state index in [0.29, 0.717) is 22.3 Å². The van der Waals surface area contributed by atoms with Crippen LogP contribution in [0.1, 0.15) is 0 Å². The van der Waals surface area contributed by atoms with Crippen LogP contribution in [0.3, 0.4) is 0 Å². The van der Waals surface area contributed by atoms with E-state index in [1.807, 2.05) is 18.2 Å². The van der Waals surface area contributed by atoms with E-state index < -0.39 is 14.8 Å². The maximum Gasteiger partial charge on any atom is 0.269 e. The summed E-state index contributed by atoms with van der Waals surface area (Å²) < 4.78 is 31.1. The zero-order valence-electron chi connectivity index (χ0n) is 16.8. The van der Waals surface area contributed by atoms with E-state index in [0.717, 1.165) is 39.8 Å². The predicted octanol–water partition coefficient (Wildman–Crippen LogP) is 4.06. The molecule has 0 bridgehead atoms. The molecule has 2 N–H and O–H groups in total. The van der Waals surface area contributed by atoms with E-state index >= 15 is 0 Å². The molecule has 0 radical (unpaired) electrons. The molecular weight excluding hydrogens is 468 g/mol. The molecule has 0 saturated carbocycles. The van der Waals surface area contributed by atoms with Crippen molar-refractivity contribution in [1.82, 2.24) is 19.9 Å². The molecule has 3 aromatic heterocycles. The molecule has 5 aromatic rings. The number of non-ortho nitro benzene ring substituents is 1. The van der Waals surface area contributed by atoms with Gasteiger partial charge in [0, 0.05) is 23.6 Å². The van der Waals surface area contributed by atoms with Crippen molar-refractivity contribution in [2.45, 2.75) is 9.10 Å². The van der Waals surface area contributed by atoms with Gasteiger partial charge < -0.3 is 15.0 Å². The first kappa shape index (κ1) is 20.8. The zero-order chi connectivity index (χ0) is 23.2. The van der Waals surface area contributed by atoms with Crippen LogP contribution in [-0.2, 0) is 9.84 Å². The molecule has 0 fully saturated rings. The van der Waals surface area contributed by atoms with Gasteiger partial charge in [-0.2, -0.15) is 0 Å². The average molecular weight is 483 g/mol. The molecule has 0 amide bonds. The summed E-state index contributed by atoms with van der Waals surface area (Å²) in [7, 11) is -2.30. The van der Waals surface area contributed by atoms with Crippen molar-refractivity contribution in [2.24, 2.45) is 0 Å². The summed E-state index contributed by atoms with van der Waals surface area (Å²) >= 11 is 0.928. The number of benzene rings is 2.